The molecule has 0 radical (unpaired) electrons. The summed E-state index contributed by atoms with van der Waals surface area (Å²) in [7, 11) is -4.42. The number of carbonyl (C=O) groups is 1. The van der Waals surface area contributed by atoms with Gasteiger partial charge in [-0.3, -0.25) is 4.79 Å². The van der Waals surface area contributed by atoms with Gasteiger partial charge in [-0.05, 0) is 55.5 Å². The van der Waals surface area contributed by atoms with Crippen LogP contribution in [0.5, 0.6) is 11.5 Å². The van der Waals surface area contributed by atoms with Crippen LogP contribution in [0, 0.1) is 5.92 Å². The molecule has 2 aliphatic heterocycles. The molecule has 4 rings (SSSR count). The van der Waals surface area contributed by atoms with Crippen molar-refractivity contribution in [1.29, 1.82) is 0 Å². The average molecular weight is 566 g/mol. The monoisotopic (exact) mass is 565 g/mol. The number of methoxy groups -OCH3 is 2. The number of sulfonamides is 2. The van der Waals surface area contributed by atoms with Crippen molar-refractivity contribution in [2.45, 2.75) is 48.4 Å². The van der Waals surface area contributed by atoms with Crippen molar-refractivity contribution in [3.63, 3.8) is 0 Å². The Morgan fingerprint density at radius 1 is 0.816 bits per heavy atom. The van der Waals surface area contributed by atoms with E-state index in [2.05, 4.69) is 5.32 Å². The second-order valence-corrected chi connectivity index (χ2v) is 13.4. The third-order valence-electron chi connectivity index (χ3n) is 7.09. The van der Waals surface area contributed by atoms with E-state index in [4.69, 9.17) is 9.47 Å². The number of ether oxygens (including phenoxy) is 2. The number of carbonyl (C=O) groups excluding carboxylic acids is 1. The van der Waals surface area contributed by atoms with Crippen LogP contribution in [0.4, 0.5) is 0 Å². The van der Waals surface area contributed by atoms with Crippen molar-refractivity contribution >= 4 is 26.0 Å². The second-order valence-electron chi connectivity index (χ2n) is 9.55. The SMILES string of the molecule is COc1ccc(S(=O)(=O)N2CCCC(C(=O)NCc3ccc(S(=O)(=O)N4CCCCC4)cc3)C2)cc1OC. The zero-order chi connectivity index (χ0) is 27.3. The van der Waals surface area contributed by atoms with Gasteiger partial charge in [-0.25, -0.2) is 16.8 Å². The molecule has 1 N–H and O–H groups in total. The molecule has 2 heterocycles. The van der Waals surface area contributed by atoms with Crippen molar-refractivity contribution in [3.05, 3.63) is 48.0 Å². The molecule has 208 valence electrons. The van der Waals surface area contributed by atoms with Gasteiger partial charge in [0.15, 0.2) is 11.5 Å². The Bertz CT molecular complexity index is 1340. The molecular weight excluding hydrogens is 530 g/mol. The lowest BCUT2D eigenvalue weighted by Crippen LogP contribution is -2.45. The van der Waals surface area contributed by atoms with Gasteiger partial charge in [-0.15, -0.1) is 0 Å². The standard InChI is InChI=1S/C26H35N3O7S2/c1-35-24-13-12-23(17-25(24)36-2)38(33,34)29-16-6-7-21(19-29)26(30)27-18-20-8-10-22(11-9-20)37(31,32)28-14-4-3-5-15-28/h8-13,17,21H,3-7,14-16,18-19H2,1-2H3,(H,27,30). The summed E-state index contributed by atoms with van der Waals surface area (Å²) in [6, 6.07) is 11.0. The molecule has 2 aliphatic rings. The first-order valence-corrected chi connectivity index (χ1v) is 15.6. The molecule has 2 aromatic rings. The fraction of sp³-hybridized carbons (Fsp3) is 0.500. The van der Waals surface area contributed by atoms with Crippen LogP contribution < -0.4 is 14.8 Å². The average Bonchev–Trinajstić information content (AvgIpc) is 2.96. The highest BCUT2D eigenvalue weighted by Gasteiger charge is 2.34. The fourth-order valence-corrected chi connectivity index (χ4v) is 7.92. The Morgan fingerprint density at radius 2 is 1.42 bits per heavy atom. The highest BCUT2D eigenvalue weighted by molar-refractivity contribution is 7.89. The maximum Gasteiger partial charge on any atom is 0.243 e. The minimum absolute atomic E-state index is 0.0789. The number of amides is 1. The van der Waals surface area contributed by atoms with Crippen LogP contribution in [-0.4, -0.2) is 71.8 Å². The lowest BCUT2D eigenvalue weighted by atomic mass is 9.99. The molecule has 1 atom stereocenters. The zero-order valence-corrected chi connectivity index (χ0v) is 23.4. The third-order valence-corrected chi connectivity index (χ3v) is 10.9. The van der Waals surface area contributed by atoms with Gasteiger partial charge in [0.25, 0.3) is 0 Å². The van der Waals surface area contributed by atoms with Crippen molar-refractivity contribution < 1.29 is 31.1 Å². The molecule has 2 saturated heterocycles. The van der Waals surface area contributed by atoms with Crippen LogP contribution in [0.3, 0.4) is 0 Å². The van der Waals surface area contributed by atoms with E-state index >= 15 is 0 Å². The first-order chi connectivity index (χ1) is 18.2. The zero-order valence-electron chi connectivity index (χ0n) is 21.8. The van der Waals surface area contributed by atoms with Gasteiger partial charge in [0.05, 0.1) is 29.9 Å². The molecule has 1 unspecified atom stereocenters. The Hall–Kier alpha value is -2.67. The van der Waals surface area contributed by atoms with E-state index in [-0.39, 0.29) is 28.8 Å². The Balaban J connectivity index is 1.36. The van der Waals surface area contributed by atoms with Crippen LogP contribution in [0.2, 0.25) is 0 Å². The third kappa shape index (κ3) is 6.14. The topological polar surface area (TPSA) is 122 Å². The van der Waals surface area contributed by atoms with Crippen LogP contribution in [0.15, 0.2) is 52.3 Å². The summed E-state index contributed by atoms with van der Waals surface area (Å²) in [4.78, 5) is 13.3. The van der Waals surface area contributed by atoms with Gasteiger partial charge >= 0.3 is 0 Å². The summed E-state index contributed by atoms with van der Waals surface area (Å²) in [6.45, 7) is 1.71. The van der Waals surface area contributed by atoms with E-state index in [0.29, 0.717) is 44.0 Å². The second kappa shape index (κ2) is 12.0. The Kier molecular flexibility index (Phi) is 8.96. The summed E-state index contributed by atoms with van der Waals surface area (Å²) in [5, 5.41) is 2.88. The molecule has 0 spiro atoms. The number of benzene rings is 2. The van der Waals surface area contributed by atoms with Gasteiger partial charge in [0, 0.05) is 38.8 Å². The maximum absolute atomic E-state index is 13.3. The van der Waals surface area contributed by atoms with E-state index in [0.717, 1.165) is 24.8 Å². The van der Waals surface area contributed by atoms with Gasteiger partial charge in [0.1, 0.15) is 0 Å². The van der Waals surface area contributed by atoms with E-state index in [9.17, 15) is 21.6 Å². The number of hydrogen-bond donors (Lipinski definition) is 1. The molecule has 0 aromatic heterocycles. The van der Waals surface area contributed by atoms with Crippen LogP contribution in [0.1, 0.15) is 37.7 Å². The van der Waals surface area contributed by atoms with E-state index in [1.807, 2.05) is 0 Å². The molecule has 0 saturated carbocycles. The summed E-state index contributed by atoms with van der Waals surface area (Å²) < 4.78 is 65.5. The lowest BCUT2D eigenvalue weighted by molar-refractivity contribution is -0.126. The number of piperidine rings is 2. The van der Waals surface area contributed by atoms with Crippen LogP contribution in [-0.2, 0) is 31.4 Å². The van der Waals surface area contributed by atoms with Crippen LogP contribution >= 0.6 is 0 Å². The molecule has 2 fully saturated rings. The van der Waals surface area contributed by atoms with Gasteiger partial charge in [-0.1, -0.05) is 18.6 Å². The fourth-order valence-electron chi connectivity index (χ4n) is 4.87. The molecule has 38 heavy (non-hydrogen) atoms. The lowest BCUT2D eigenvalue weighted by Gasteiger charge is -2.31. The smallest absolute Gasteiger partial charge is 0.243 e. The largest absolute Gasteiger partial charge is 0.493 e. The maximum atomic E-state index is 13.3. The highest BCUT2D eigenvalue weighted by Crippen LogP contribution is 2.32. The number of hydrogen-bond acceptors (Lipinski definition) is 7. The molecule has 12 heteroatoms. The van der Waals surface area contributed by atoms with Crippen LogP contribution in [0.25, 0.3) is 0 Å². The summed E-state index contributed by atoms with van der Waals surface area (Å²) in [6.07, 6.45) is 3.94. The minimum Gasteiger partial charge on any atom is -0.493 e. The predicted molar refractivity (Wildman–Crippen MR) is 142 cm³/mol. The van der Waals surface area contributed by atoms with E-state index < -0.39 is 26.0 Å². The summed E-state index contributed by atoms with van der Waals surface area (Å²) >= 11 is 0. The quantitative estimate of drug-likeness (QED) is 0.496. The molecule has 1 amide bonds. The van der Waals surface area contributed by atoms with Gasteiger partial charge in [0.2, 0.25) is 26.0 Å². The Morgan fingerprint density at radius 3 is 2.08 bits per heavy atom. The van der Waals surface area contributed by atoms with Crippen molar-refractivity contribution in [1.82, 2.24) is 13.9 Å². The molecular formula is C26H35N3O7S2. The van der Waals surface area contributed by atoms with Crippen molar-refractivity contribution in [3.8, 4) is 11.5 Å². The summed E-state index contributed by atoms with van der Waals surface area (Å²) in [5.41, 5.74) is 0.765. The first kappa shape index (κ1) is 28.3. The van der Waals surface area contributed by atoms with E-state index in [1.54, 1.807) is 30.3 Å². The number of nitrogens with one attached hydrogen (secondary N) is 1. The first-order valence-electron chi connectivity index (χ1n) is 12.8. The number of rotatable bonds is 9. The predicted octanol–water partition coefficient (Wildman–Crippen LogP) is 2.60. The van der Waals surface area contributed by atoms with Gasteiger partial charge < -0.3 is 14.8 Å². The van der Waals surface area contributed by atoms with Crippen molar-refractivity contribution in [2.24, 2.45) is 5.92 Å². The van der Waals surface area contributed by atoms with Crippen molar-refractivity contribution in [2.75, 3.05) is 40.4 Å². The summed E-state index contributed by atoms with van der Waals surface area (Å²) in [5.74, 6) is 0.0220. The normalized spacial score (nSPS) is 19.6. The Labute approximate surface area is 225 Å². The molecule has 2 aromatic carbocycles. The molecule has 0 aliphatic carbocycles. The van der Waals surface area contributed by atoms with Gasteiger partial charge in [-0.2, -0.15) is 8.61 Å². The van der Waals surface area contributed by atoms with E-state index in [1.165, 1.54) is 35.0 Å². The minimum atomic E-state index is -3.82. The molecule has 10 nitrogen and oxygen atoms in total. The molecule has 0 bridgehead atoms. The number of nitrogens with zero attached hydrogens (tertiary/aromatic N) is 2. The highest BCUT2D eigenvalue weighted by atomic mass is 32.2.